The molecule has 4 nitrogen and oxygen atoms in total. The SMILES string of the molecule is C1CCN(C2CCNC(N3CCCCC3N3CCCCC3)C2)CC1. The van der Waals surface area contributed by atoms with Crippen molar-refractivity contribution in [2.45, 2.75) is 89.0 Å². The second-order valence-corrected chi connectivity index (χ2v) is 8.56. The molecule has 4 aliphatic rings. The van der Waals surface area contributed by atoms with Gasteiger partial charge in [-0.05, 0) is 90.5 Å². The third kappa shape index (κ3) is 3.98. The summed E-state index contributed by atoms with van der Waals surface area (Å²) in [4.78, 5) is 8.50. The van der Waals surface area contributed by atoms with E-state index >= 15 is 0 Å². The summed E-state index contributed by atoms with van der Waals surface area (Å²) in [5.41, 5.74) is 0. The van der Waals surface area contributed by atoms with Crippen molar-refractivity contribution in [1.29, 1.82) is 0 Å². The minimum atomic E-state index is 0.623. The summed E-state index contributed by atoms with van der Waals surface area (Å²) in [6.07, 6.45) is 16.9. The maximum atomic E-state index is 3.90. The zero-order chi connectivity index (χ0) is 16.2. The minimum Gasteiger partial charge on any atom is -0.302 e. The average Bonchev–Trinajstić information content (AvgIpc) is 2.69. The highest BCUT2D eigenvalue weighted by Gasteiger charge is 2.36. The zero-order valence-corrected chi connectivity index (χ0v) is 15.6. The Morgan fingerprint density at radius 1 is 0.625 bits per heavy atom. The molecule has 0 amide bonds. The van der Waals surface area contributed by atoms with Crippen LogP contribution in [0.25, 0.3) is 0 Å². The van der Waals surface area contributed by atoms with Crippen molar-refractivity contribution in [2.75, 3.05) is 39.3 Å². The first-order chi connectivity index (χ1) is 11.9. The number of piperidine rings is 4. The molecule has 4 heteroatoms. The molecular formula is C20H38N4. The lowest BCUT2D eigenvalue weighted by Crippen LogP contribution is -2.62. The third-order valence-corrected chi connectivity index (χ3v) is 6.98. The Morgan fingerprint density at radius 2 is 1.29 bits per heavy atom. The van der Waals surface area contributed by atoms with Crippen LogP contribution in [0.2, 0.25) is 0 Å². The van der Waals surface area contributed by atoms with E-state index in [1.165, 1.54) is 110 Å². The molecule has 4 saturated heterocycles. The topological polar surface area (TPSA) is 21.8 Å². The van der Waals surface area contributed by atoms with Gasteiger partial charge >= 0.3 is 0 Å². The highest BCUT2D eigenvalue weighted by molar-refractivity contribution is 4.90. The molecule has 0 bridgehead atoms. The van der Waals surface area contributed by atoms with Crippen molar-refractivity contribution in [2.24, 2.45) is 0 Å². The number of nitrogens with one attached hydrogen (secondary N) is 1. The van der Waals surface area contributed by atoms with Crippen molar-refractivity contribution in [3.63, 3.8) is 0 Å². The maximum absolute atomic E-state index is 3.90. The van der Waals surface area contributed by atoms with Crippen LogP contribution < -0.4 is 5.32 Å². The van der Waals surface area contributed by atoms with E-state index in [1.807, 2.05) is 0 Å². The highest BCUT2D eigenvalue weighted by atomic mass is 15.4. The van der Waals surface area contributed by atoms with E-state index < -0.39 is 0 Å². The average molecular weight is 335 g/mol. The third-order valence-electron chi connectivity index (χ3n) is 6.98. The Hall–Kier alpha value is -0.160. The molecule has 0 saturated carbocycles. The molecule has 0 aromatic rings. The summed E-state index contributed by atoms with van der Waals surface area (Å²) in [5, 5.41) is 3.90. The molecule has 4 fully saturated rings. The zero-order valence-electron chi connectivity index (χ0n) is 15.6. The molecule has 3 unspecified atom stereocenters. The lowest BCUT2D eigenvalue weighted by molar-refractivity contribution is -0.0495. The summed E-state index contributed by atoms with van der Waals surface area (Å²) in [7, 11) is 0. The van der Waals surface area contributed by atoms with Gasteiger partial charge in [0.2, 0.25) is 0 Å². The van der Waals surface area contributed by atoms with E-state index in [0.717, 1.165) is 12.2 Å². The van der Waals surface area contributed by atoms with Crippen LogP contribution >= 0.6 is 0 Å². The number of hydrogen-bond donors (Lipinski definition) is 1. The maximum Gasteiger partial charge on any atom is 0.0635 e. The van der Waals surface area contributed by atoms with Crippen molar-refractivity contribution in [1.82, 2.24) is 20.0 Å². The monoisotopic (exact) mass is 334 g/mol. The van der Waals surface area contributed by atoms with Gasteiger partial charge in [0.25, 0.3) is 0 Å². The van der Waals surface area contributed by atoms with Crippen LogP contribution in [0.1, 0.15) is 70.6 Å². The predicted octanol–water partition coefficient (Wildman–Crippen LogP) is 2.85. The molecule has 0 aromatic carbocycles. The van der Waals surface area contributed by atoms with E-state index in [-0.39, 0.29) is 0 Å². The largest absolute Gasteiger partial charge is 0.302 e. The van der Waals surface area contributed by atoms with Crippen LogP contribution in [0.15, 0.2) is 0 Å². The van der Waals surface area contributed by atoms with Crippen molar-refractivity contribution in [3.8, 4) is 0 Å². The van der Waals surface area contributed by atoms with Gasteiger partial charge in [-0.3, -0.25) is 9.80 Å². The summed E-state index contributed by atoms with van der Waals surface area (Å²) in [6, 6.07) is 0.834. The molecular weight excluding hydrogens is 296 g/mol. The van der Waals surface area contributed by atoms with Gasteiger partial charge in [0.15, 0.2) is 0 Å². The second kappa shape index (κ2) is 8.48. The molecule has 0 aliphatic carbocycles. The Bertz CT molecular complexity index is 376. The normalized spacial score (nSPS) is 38.2. The van der Waals surface area contributed by atoms with Crippen LogP contribution in [-0.2, 0) is 0 Å². The van der Waals surface area contributed by atoms with Gasteiger partial charge < -0.3 is 10.2 Å². The highest BCUT2D eigenvalue weighted by Crippen LogP contribution is 2.29. The first-order valence-corrected chi connectivity index (χ1v) is 10.9. The van der Waals surface area contributed by atoms with Crippen LogP contribution in [0.3, 0.4) is 0 Å². The summed E-state index contributed by atoms with van der Waals surface area (Å²) in [5.74, 6) is 0. The summed E-state index contributed by atoms with van der Waals surface area (Å²) < 4.78 is 0. The lowest BCUT2D eigenvalue weighted by Gasteiger charge is -2.50. The van der Waals surface area contributed by atoms with Crippen LogP contribution in [0.4, 0.5) is 0 Å². The Labute approximate surface area is 148 Å². The van der Waals surface area contributed by atoms with Gasteiger partial charge in [-0.15, -0.1) is 0 Å². The number of rotatable bonds is 3. The Morgan fingerprint density at radius 3 is 2.04 bits per heavy atom. The van der Waals surface area contributed by atoms with Crippen LogP contribution in [-0.4, -0.2) is 72.3 Å². The summed E-state index contributed by atoms with van der Waals surface area (Å²) in [6.45, 7) is 7.91. The number of likely N-dealkylation sites (tertiary alicyclic amines) is 3. The fourth-order valence-corrected chi connectivity index (χ4v) is 5.65. The molecule has 3 atom stereocenters. The summed E-state index contributed by atoms with van der Waals surface area (Å²) >= 11 is 0. The molecule has 0 spiro atoms. The first kappa shape index (κ1) is 17.3. The van der Waals surface area contributed by atoms with E-state index in [2.05, 4.69) is 20.0 Å². The van der Waals surface area contributed by atoms with Gasteiger partial charge in [-0.1, -0.05) is 12.8 Å². The van der Waals surface area contributed by atoms with Crippen molar-refractivity contribution >= 4 is 0 Å². The van der Waals surface area contributed by atoms with E-state index in [0.29, 0.717) is 6.17 Å². The van der Waals surface area contributed by atoms with Crippen LogP contribution in [0.5, 0.6) is 0 Å². The van der Waals surface area contributed by atoms with Crippen LogP contribution in [0, 0.1) is 0 Å². The lowest BCUT2D eigenvalue weighted by atomic mass is 9.96. The van der Waals surface area contributed by atoms with E-state index in [4.69, 9.17) is 0 Å². The fourth-order valence-electron chi connectivity index (χ4n) is 5.65. The predicted molar refractivity (Wildman–Crippen MR) is 100 cm³/mol. The second-order valence-electron chi connectivity index (χ2n) is 8.56. The van der Waals surface area contributed by atoms with Gasteiger partial charge in [0, 0.05) is 12.6 Å². The first-order valence-electron chi connectivity index (χ1n) is 10.9. The molecule has 1 N–H and O–H groups in total. The molecule has 0 radical (unpaired) electrons. The standard InChI is InChI=1S/C20H38N4/c1-4-12-22(13-5-1)18-10-11-21-19(17-18)24-16-8-3-9-20(24)23-14-6-2-7-15-23/h18-21H,1-17H2. The fraction of sp³-hybridized carbons (Fsp3) is 1.00. The quantitative estimate of drug-likeness (QED) is 0.857. The Balaban J connectivity index is 1.39. The van der Waals surface area contributed by atoms with E-state index in [1.54, 1.807) is 0 Å². The molecule has 4 heterocycles. The number of hydrogen-bond acceptors (Lipinski definition) is 4. The van der Waals surface area contributed by atoms with Crippen molar-refractivity contribution < 1.29 is 0 Å². The van der Waals surface area contributed by atoms with Gasteiger partial charge in [0.05, 0.1) is 12.3 Å². The van der Waals surface area contributed by atoms with Gasteiger partial charge in [0.1, 0.15) is 0 Å². The van der Waals surface area contributed by atoms with Gasteiger partial charge in [-0.2, -0.15) is 0 Å². The number of nitrogens with zero attached hydrogens (tertiary/aromatic N) is 3. The van der Waals surface area contributed by atoms with Crippen molar-refractivity contribution in [3.05, 3.63) is 0 Å². The molecule has 0 aromatic heterocycles. The minimum absolute atomic E-state index is 0.623. The molecule has 138 valence electrons. The van der Waals surface area contributed by atoms with E-state index in [9.17, 15) is 0 Å². The van der Waals surface area contributed by atoms with Gasteiger partial charge in [-0.25, -0.2) is 0 Å². The Kier molecular flexibility index (Phi) is 6.10. The molecule has 24 heavy (non-hydrogen) atoms. The smallest absolute Gasteiger partial charge is 0.0635 e. The molecule has 4 aliphatic heterocycles. The molecule has 4 rings (SSSR count).